The van der Waals surface area contributed by atoms with Crippen LogP contribution in [-0.4, -0.2) is 33.5 Å². The van der Waals surface area contributed by atoms with Crippen molar-refractivity contribution >= 4 is 6.09 Å². The zero-order valence-electron chi connectivity index (χ0n) is 9.76. The fourth-order valence-electron chi connectivity index (χ4n) is 0.644. The van der Waals surface area contributed by atoms with Gasteiger partial charge in [-0.1, -0.05) is 20.3 Å². The molecule has 0 rings (SSSR count). The molecule has 0 aliphatic rings. The third-order valence-electron chi connectivity index (χ3n) is 1.39. The van der Waals surface area contributed by atoms with E-state index in [0.717, 1.165) is 25.9 Å². The van der Waals surface area contributed by atoms with E-state index in [1.54, 1.807) is 7.11 Å². The van der Waals surface area contributed by atoms with E-state index in [-0.39, 0.29) is 6.09 Å². The van der Waals surface area contributed by atoms with E-state index in [2.05, 4.69) is 23.9 Å². The Morgan fingerprint density at radius 3 is 2.14 bits per heavy atom. The summed E-state index contributed by atoms with van der Waals surface area (Å²) in [6, 6.07) is 0. The van der Waals surface area contributed by atoms with Gasteiger partial charge in [0.15, 0.2) is 0 Å². The van der Waals surface area contributed by atoms with Crippen molar-refractivity contribution in [3.05, 3.63) is 0 Å². The van der Waals surface area contributed by atoms with E-state index >= 15 is 0 Å². The van der Waals surface area contributed by atoms with Gasteiger partial charge in [0.2, 0.25) is 0 Å². The maximum atomic E-state index is 10.4. The molecule has 0 heterocycles. The van der Waals surface area contributed by atoms with Crippen LogP contribution in [0.4, 0.5) is 4.79 Å². The molecule has 0 aliphatic carbocycles. The Bertz CT molecular complexity index is 116. The maximum absolute atomic E-state index is 10.4. The zero-order chi connectivity index (χ0) is 11.2. The number of carbonyl (C=O) groups excluding carboxylic acids is 1. The second-order valence-electron chi connectivity index (χ2n) is 2.76. The van der Waals surface area contributed by atoms with Crippen LogP contribution in [0.25, 0.3) is 0 Å². The van der Waals surface area contributed by atoms with E-state index in [0.29, 0.717) is 6.54 Å². The first kappa shape index (κ1) is 15.7. The molecule has 14 heavy (non-hydrogen) atoms. The van der Waals surface area contributed by atoms with Crippen molar-refractivity contribution in [2.75, 3.05) is 27.4 Å². The molecule has 4 heteroatoms. The molecular weight excluding hydrogens is 182 g/mol. The number of hydrogen-bond donors (Lipinski definition) is 1. The molecule has 0 bridgehead atoms. The normalized spacial score (nSPS) is 8.57. The number of amides is 1. The van der Waals surface area contributed by atoms with E-state index in [9.17, 15) is 4.79 Å². The molecule has 1 amide bonds. The quantitative estimate of drug-likeness (QED) is 0.700. The highest BCUT2D eigenvalue weighted by Crippen LogP contribution is 1.82. The highest BCUT2D eigenvalue weighted by atomic mass is 16.5. The molecule has 0 aromatic rings. The topological polar surface area (TPSA) is 47.6 Å². The fourth-order valence-corrected chi connectivity index (χ4v) is 0.644. The molecule has 0 aliphatic heterocycles. The lowest BCUT2D eigenvalue weighted by Crippen LogP contribution is -2.23. The first-order chi connectivity index (χ1) is 6.72. The third kappa shape index (κ3) is 17.4. The van der Waals surface area contributed by atoms with E-state index in [1.165, 1.54) is 7.11 Å². The van der Waals surface area contributed by atoms with Gasteiger partial charge in [-0.05, 0) is 12.8 Å². The van der Waals surface area contributed by atoms with Gasteiger partial charge in [-0.2, -0.15) is 0 Å². The molecule has 0 aromatic carbocycles. The molecule has 0 fully saturated rings. The van der Waals surface area contributed by atoms with Gasteiger partial charge in [0, 0.05) is 20.3 Å². The van der Waals surface area contributed by atoms with Crippen LogP contribution in [0.2, 0.25) is 0 Å². The number of hydrogen-bond acceptors (Lipinski definition) is 3. The predicted molar refractivity (Wildman–Crippen MR) is 57.5 cm³/mol. The average molecular weight is 205 g/mol. The van der Waals surface area contributed by atoms with Gasteiger partial charge in [-0.3, -0.25) is 0 Å². The minimum atomic E-state index is -0.344. The molecular formula is C10H23NO3. The van der Waals surface area contributed by atoms with Crippen molar-refractivity contribution in [1.29, 1.82) is 0 Å². The molecule has 0 radical (unpaired) electrons. The summed E-state index contributed by atoms with van der Waals surface area (Å²) in [4.78, 5) is 10.4. The smallest absolute Gasteiger partial charge is 0.406 e. The minimum absolute atomic E-state index is 0.344. The molecule has 1 N–H and O–H groups in total. The van der Waals surface area contributed by atoms with Gasteiger partial charge in [0.05, 0.1) is 7.11 Å². The van der Waals surface area contributed by atoms with Gasteiger partial charge < -0.3 is 14.8 Å². The molecule has 86 valence electrons. The van der Waals surface area contributed by atoms with Crippen molar-refractivity contribution in [2.24, 2.45) is 0 Å². The first-order valence-corrected chi connectivity index (χ1v) is 5.03. The van der Waals surface area contributed by atoms with Crippen LogP contribution in [-0.2, 0) is 9.47 Å². The van der Waals surface area contributed by atoms with Crippen molar-refractivity contribution in [3.63, 3.8) is 0 Å². The van der Waals surface area contributed by atoms with Crippen molar-refractivity contribution in [2.45, 2.75) is 33.1 Å². The van der Waals surface area contributed by atoms with Gasteiger partial charge in [0.25, 0.3) is 0 Å². The van der Waals surface area contributed by atoms with E-state index in [1.807, 2.05) is 0 Å². The lowest BCUT2D eigenvalue weighted by atomic mass is 10.3. The molecule has 0 saturated carbocycles. The molecule has 0 unspecified atom stereocenters. The van der Waals surface area contributed by atoms with Crippen molar-refractivity contribution in [3.8, 4) is 0 Å². The van der Waals surface area contributed by atoms with Crippen LogP contribution < -0.4 is 5.32 Å². The summed E-state index contributed by atoms with van der Waals surface area (Å²) >= 11 is 0. The van der Waals surface area contributed by atoms with Crippen LogP contribution in [0.5, 0.6) is 0 Å². The molecule has 0 saturated heterocycles. The number of methoxy groups -OCH3 is 2. The lowest BCUT2D eigenvalue weighted by molar-refractivity contribution is 0.171. The summed E-state index contributed by atoms with van der Waals surface area (Å²) in [5, 5.41) is 2.57. The summed E-state index contributed by atoms with van der Waals surface area (Å²) in [6.45, 7) is 5.76. The van der Waals surface area contributed by atoms with Gasteiger partial charge >= 0.3 is 6.09 Å². The predicted octanol–water partition coefficient (Wildman–Crippen LogP) is 2.19. The van der Waals surface area contributed by atoms with Gasteiger partial charge in [-0.25, -0.2) is 4.79 Å². The SMILES string of the molecule is CCCCNC(=O)OC.CCCOC. The largest absolute Gasteiger partial charge is 0.453 e. The van der Waals surface area contributed by atoms with Gasteiger partial charge in [-0.15, -0.1) is 0 Å². The number of unbranched alkanes of at least 4 members (excludes halogenated alkanes) is 1. The number of nitrogens with one attached hydrogen (secondary N) is 1. The van der Waals surface area contributed by atoms with Crippen LogP contribution in [0.3, 0.4) is 0 Å². The van der Waals surface area contributed by atoms with E-state index in [4.69, 9.17) is 4.74 Å². The first-order valence-electron chi connectivity index (χ1n) is 5.03. The standard InChI is InChI=1S/C6H13NO2.C4H10O/c1-3-4-5-7-6(8)9-2;1-3-4-5-2/h3-5H2,1-2H3,(H,7,8);3-4H2,1-2H3. The fraction of sp³-hybridized carbons (Fsp3) is 0.900. The van der Waals surface area contributed by atoms with Crippen molar-refractivity contribution in [1.82, 2.24) is 5.32 Å². The number of carbonyl (C=O) groups is 1. The summed E-state index contributed by atoms with van der Waals surface area (Å²) in [5.41, 5.74) is 0. The monoisotopic (exact) mass is 205 g/mol. The Morgan fingerprint density at radius 2 is 1.86 bits per heavy atom. The third-order valence-corrected chi connectivity index (χ3v) is 1.39. The highest BCUT2D eigenvalue weighted by Gasteiger charge is 1.93. The minimum Gasteiger partial charge on any atom is -0.453 e. The Balaban J connectivity index is 0. The van der Waals surface area contributed by atoms with E-state index < -0.39 is 0 Å². The van der Waals surface area contributed by atoms with Crippen molar-refractivity contribution < 1.29 is 14.3 Å². The van der Waals surface area contributed by atoms with Crippen LogP contribution in [0, 0.1) is 0 Å². The summed E-state index contributed by atoms with van der Waals surface area (Å²) in [5.74, 6) is 0. The highest BCUT2D eigenvalue weighted by molar-refractivity contribution is 5.66. The molecule has 4 nitrogen and oxygen atoms in total. The lowest BCUT2D eigenvalue weighted by Gasteiger charge is -1.99. The molecule has 0 aromatic heterocycles. The Kier molecular flexibility index (Phi) is 16.5. The Hall–Kier alpha value is -0.770. The number of ether oxygens (including phenoxy) is 2. The summed E-state index contributed by atoms with van der Waals surface area (Å²) in [7, 11) is 3.07. The second-order valence-corrected chi connectivity index (χ2v) is 2.76. The van der Waals surface area contributed by atoms with Crippen LogP contribution >= 0.6 is 0 Å². The summed E-state index contributed by atoms with van der Waals surface area (Å²) in [6.07, 6.45) is 2.87. The maximum Gasteiger partial charge on any atom is 0.406 e. The molecule has 0 atom stereocenters. The average Bonchev–Trinajstić information content (AvgIpc) is 2.20. The zero-order valence-corrected chi connectivity index (χ0v) is 9.76. The number of rotatable bonds is 5. The number of alkyl carbamates (subject to hydrolysis) is 1. The second kappa shape index (κ2) is 14.7. The summed E-state index contributed by atoms with van der Waals surface area (Å²) < 4.78 is 9.04. The van der Waals surface area contributed by atoms with Crippen LogP contribution in [0.1, 0.15) is 33.1 Å². The Morgan fingerprint density at radius 1 is 1.21 bits per heavy atom. The van der Waals surface area contributed by atoms with Gasteiger partial charge in [0.1, 0.15) is 0 Å². The van der Waals surface area contributed by atoms with Crippen LogP contribution in [0.15, 0.2) is 0 Å². The molecule has 0 spiro atoms. The Labute approximate surface area is 87.0 Å².